The summed E-state index contributed by atoms with van der Waals surface area (Å²) >= 11 is 0. The minimum atomic E-state index is -1.11. The SMILES string of the molecule is CCCCCCCOc1ccc(CC(NC(=O)OCC2c3ccccc3-c3ccccc32)C(=O)O)cc1. The first-order valence-corrected chi connectivity index (χ1v) is 13.1. The van der Waals surface area contributed by atoms with E-state index in [2.05, 4.69) is 24.4 Å². The third-order valence-electron chi connectivity index (χ3n) is 6.81. The number of carboxylic acid groups (broad SMARTS) is 1. The summed E-state index contributed by atoms with van der Waals surface area (Å²) in [4.78, 5) is 24.4. The van der Waals surface area contributed by atoms with Crippen molar-refractivity contribution in [1.29, 1.82) is 0 Å². The zero-order chi connectivity index (χ0) is 26.0. The summed E-state index contributed by atoms with van der Waals surface area (Å²) in [5.74, 6) is -0.433. The molecular formula is C31H35NO5. The number of alkyl carbamates (subject to hydrolysis) is 1. The summed E-state index contributed by atoms with van der Waals surface area (Å²) < 4.78 is 11.3. The lowest BCUT2D eigenvalue weighted by atomic mass is 9.98. The van der Waals surface area contributed by atoms with Crippen molar-refractivity contribution in [1.82, 2.24) is 5.32 Å². The number of carbonyl (C=O) groups is 2. The molecule has 0 bridgehead atoms. The van der Waals surface area contributed by atoms with Crippen LogP contribution in [-0.2, 0) is 16.0 Å². The number of rotatable bonds is 13. The predicted molar refractivity (Wildman–Crippen MR) is 144 cm³/mol. The van der Waals surface area contributed by atoms with Crippen LogP contribution in [0.3, 0.4) is 0 Å². The van der Waals surface area contributed by atoms with E-state index in [4.69, 9.17) is 9.47 Å². The van der Waals surface area contributed by atoms with Gasteiger partial charge in [-0.1, -0.05) is 93.3 Å². The van der Waals surface area contributed by atoms with E-state index in [0.717, 1.165) is 46.4 Å². The number of fused-ring (bicyclic) bond motifs is 3. The second kappa shape index (κ2) is 12.9. The highest BCUT2D eigenvalue weighted by atomic mass is 16.5. The first kappa shape index (κ1) is 26.3. The van der Waals surface area contributed by atoms with Gasteiger partial charge < -0.3 is 19.9 Å². The van der Waals surface area contributed by atoms with Crippen molar-refractivity contribution in [3.63, 3.8) is 0 Å². The van der Waals surface area contributed by atoms with Crippen molar-refractivity contribution < 1.29 is 24.2 Å². The molecule has 6 nitrogen and oxygen atoms in total. The topological polar surface area (TPSA) is 84.9 Å². The minimum absolute atomic E-state index is 0.0828. The van der Waals surface area contributed by atoms with Crippen molar-refractivity contribution in [2.24, 2.45) is 0 Å². The number of ether oxygens (including phenoxy) is 2. The molecule has 1 atom stereocenters. The van der Waals surface area contributed by atoms with Gasteiger partial charge >= 0.3 is 12.1 Å². The average Bonchev–Trinajstić information content (AvgIpc) is 3.23. The number of aliphatic carboxylic acids is 1. The van der Waals surface area contributed by atoms with E-state index in [1.807, 2.05) is 60.7 Å². The Labute approximate surface area is 218 Å². The number of carboxylic acids is 1. The Morgan fingerprint density at radius 1 is 0.865 bits per heavy atom. The first-order chi connectivity index (χ1) is 18.1. The summed E-state index contributed by atoms with van der Waals surface area (Å²) in [6.07, 6.45) is 5.29. The van der Waals surface area contributed by atoms with E-state index in [0.29, 0.717) is 6.61 Å². The van der Waals surface area contributed by atoms with Gasteiger partial charge in [0.05, 0.1) is 6.61 Å². The van der Waals surface area contributed by atoms with E-state index < -0.39 is 18.1 Å². The molecule has 0 saturated heterocycles. The molecule has 1 amide bonds. The molecule has 3 aromatic carbocycles. The van der Waals surface area contributed by atoms with E-state index in [9.17, 15) is 14.7 Å². The van der Waals surface area contributed by atoms with Gasteiger partial charge in [-0.05, 0) is 46.4 Å². The number of hydrogen-bond donors (Lipinski definition) is 2. The highest BCUT2D eigenvalue weighted by Gasteiger charge is 2.29. The van der Waals surface area contributed by atoms with Gasteiger partial charge in [-0.2, -0.15) is 0 Å². The Balaban J connectivity index is 1.28. The lowest BCUT2D eigenvalue weighted by molar-refractivity contribution is -0.139. The van der Waals surface area contributed by atoms with Gasteiger partial charge in [-0.15, -0.1) is 0 Å². The van der Waals surface area contributed by atoms with E-state index in [1.54, 1.807) is 0 Å². The molecule has 0 fully saturated rings. The lowest BCUT2D eigenvalue weighted by Gasteiger charge is -2.17. The van der Waals surface area contributed by atoms with E-state index in [1.165, 1.54) is 19.3 Å². The number of benzene rings is 3. The monoisotopic (exact) mass is 501 g/mol. The number of unbranched alkanes of at least 4 members (excludes halogenated alkanes) is 4. The van der Waals surface area contributed by atoms with Gasteiger partial charge in [-0.25, -0.2) is 9.59 Å². The van der Waals surface area contributed by atoms with Crippen molar-refractivity contribution in [2.75, 3.05) is 13.2 Å². The molecule has 194 valence electrons. The molecule has 2 N–H and O–H groups in total. The summed E-state index contributed by atoms with van der Waals surface area (Å²) in [7, 11) is 0. The Morgan fingerprint density at radius 3 is 2.11 bits per heavy atom. The Hall–Kier alpha value is -3.80. The fraction of sp³-hybridized carbons (Fsp3) is 0.355. The molecule has 1 aliphatic rings. The quantitative estimate of drug-likeness (QED) is 0.259. The molecule has 6 heteroatoms. The number of carbonyl (C=O) groups excluding carboxylic acids is 1. The van der Waals surface area contributed by atoms with Gasteiger partial charge in [0.1, 0.15) is 18.4 Å². The summed E-state index contributed by atoms with van der Waals surface area (Å²) in [5.41, 5.74) is 5.28. The summed E-state index contributed by atoms with van der Waals surface area (Å²) in [6, 6.07) is 22.4. The van der Waals surface area contributed by atoms with Crippen LogP contribution in [0.4, 0.5) is 4.79 Å². The van der Waals surface area contributed by atoms with Crippen molar-refractivity contribution >= 4 is 12.1 Å². The van der Waals surface area contributed by atoms with Crippen LogP contribution < -0.4 is 10.1 Å². The zero-order valence-corrected chi connectivity index (χ0v) is 21.3. The maximum absolute atomic E-state index is 12.6. The highest BCUT2D eigenvalue weighted by Crippen LogP contribution is 2.44. The fourth-order valence-electron chi connectivity index (χ4n) is 4.84. The maximum Gasteiger partial charge on any atom is 0.407 e. The Morgan fingerprint density at radius 2 is 1.49 bits per heavy atom. The molecule has 3 aromatic rings. The first-order valence-electron chi connectivity index (χ1n) is 13.1. The molecule has 1 unspecified atom stereocenters. The molecule has 0 aliphatic heterocycles. The molecular weight excluding hydrogens is 466 g/mol. The zero-order valence-electron chi connectivity index (χ0n) is 21.3. The largest absolute Gasteiger partial charge is 0.494 e. The van der Waals surface area contributed by atoms with Crippen molar-refractivity contribution in [3.05, 3.63) is 89.5 Å². The van der Waals surface area contributed by atoms with Gasteiger partial charge in [0.25, 0.3) is 0 Å². The Kier molecular flexibility index (Phi) is 9.19. The standard InChI is InChI=1S/C31H35NO5/c1-2-3-4-5-10-19-36-23-17-15-22(16-18-23)20-29(30(33)34)32-31(35)37-21-28-26-13-8-6-11-24(26)25-12-7-9-14-27(25)28/h6-9,11-18,28-29H,2-5,10,19-21H2,1H3,(H,32,35)(H,33,34). The minimum Gasteiger partial charge on any atom is -0.494 e. The van der Waals surface area contributed by atoms with Crippen molar-refractivity contribution in [3.8, 4) is 16.9 Å². The Bertz CT molecular complexity index is 1140. The van der Waals surface area contributed by atoms with Crippen LogP contribution in [0.25, 0.3) is 11.1 Å². The second-order valence-corrected chi connectivity index (χ2v) is 9.47. The third kappa shape index (κ3) is 6.91. The summed E-state index contributed by atoms with van der Waals surface area (Å²) in [5, 5.41) is 12.2. The lowest BCUT2D eigenvalue weighted by Crippen LogP contribution is -2.42. The van der Waals surface area contributed by atoms with Crippen LogP contribution in [-0.4, -0.2) is 36.4 Å². The van der Waals surface area contributed by atoms with Gasteiger partial charge in [0, 0.05) is 12.3 Å². The second-order valence-electron chi connectivity index (χ2n) is 9.47. The predicted octanol–water partition coefficient (Wildman–Crippen LogP) is 6.57. The molecule has 0 heterocycles. The van der Waals surface area contributed by atoms with E-state index >= 15 is 0 Å². The fourth-order valence-corrected chi connectivity index (χ4v) is 4.84. The number of hydrogen-bond acceptors (Lipinski definition) is 4. The van der Waals surface area contributed by atoms with Crippen LogP contribution >= 0.6 is 0 Å². The van der Waals surface area contributed by atoms with Gasteiger partial charge in [0.2, 0.25) is 0 Å². The third-order valence-corrected chi connectivity index (χ3v) is 6.81. The molecule has 0 saturated carbocycles. The normalized spacial score (nSPS) is 12.9. The van der Waals surface area contributed by atoms with Crippen LogP contribution in [0, 0.1) is 0 Å². The van der Waals surface area contributed by atoms with Crippen LogP contribution in [0.1, 0.15) is 61.6 Å². The molecule has 37 heavy (non-hydrogen) atoms. The van der Waals surface area contributed by atoms with Crippen molar-refractivity contribution in [2.45, 2.75) is 57.4 Å². The van der Waals surface area contributed by atoms with Crippen LogP contribution in [0.2, 0.25) is 0 Å². The van der Waals surface area contributed by atoms with Gasteiger partial charge in [-0.3, -0.25) is 0 Å². The molecule has 0 aromatic heterocycles. The molecule has 4 rings (SSSR count). The van der Waals surface area contributed by atoms with E-state index in [-0.39, 0.29) is 18.9 Å². The molecule has 1 aliphatic carbocycles. The average molecular weight is 502 g/mol. The van der Waals surface area contributed by atoms with Gasteiger partial charge in [0.15, 0.2) is 0 Å². The summed E-state index contributed by atoms with van der Waals surface area (Å²) in [6.45, 7) is 3.00. The van der Waals surface area contributed by atoms with Crippen LogP contribution in [0.15, 0.2) is 72.8 Å². The molecule has 0 spiro atoms. The number of amides is 1. The number of nitrogens with one attached hydrogen (secondary N) is 1. The smallest absolute Gasteiger partial charge is 0.407 e. The maximum atomic E-state index is 12.6. The highest BCUT2D eigenvalue weighted by molar-refractivity contribution is 5.81. The molecule has 0 radical (unpaired) electrons. The van der Waals surface area contributed by atoms with Crippen LogP contribution in [0.5, 0.6) is 5.75 Å².